The van der Waals surface area contributed by atoms with Crippen molar-refractivity contribution < 1.29 is 4.79 Å². The predicted octanol–water partition coefficient (Wildman–Crippen LogP) is 6.68. The Balaban J connectivity index is 1.94. The van der Waals surface area contributed by atoms with Crippen molar-refractivity contribution >= 4 is 17.8 Å². The molecule has 0 aliphatic heterocycles. The number of hydrogen-bond donors (Lipinski definition) is 1. The average Bonchev–Trinajstić information content (AvgIpc) is 2.72. The number of rotatable bonds is 17. The van der Waals surface area contributed by atoms with E-state index in [-0.39, 0.29) is 5.91 Å². The Kier molecular flexibility index (Phi) is 14.8. The lowest BCUT2D eigenvalue weighted by Gasteiger charge is -2.11. The number of carbonyl (C=O) groups excluding carboxylic acids is 1. The van der Waals surface area contributed by atoms with Crippen LogP contribution in [0.1, 0.15) is 102 Å². The van der Waals surface area contributed by atoms with Crippen LogP contribution in [0.15, 0.2) is 29.4 Å². The zero-order valence-corrected chi connectivity index (χ0v) is 19.1. The van der Waals surface area contributed by atoms with E-state index in [0.29, 0.717) is 6.42 Å². The first-order valence-corrected chi connectivity index (χ1v) is 11.7. The van der Waals surface area contributed by atoms with Crippen LogP contribution in [0.3, 0.4) is 0 Å². The Hall–Kier alpha value is -1.84. The number of amides is 1. The molecule has 0 radical (unpaired) electrons. The minimum absolute atomic E-state index is 0.00855. The molecule has 1 N–H and O–H groups in total. The van der Waals surface area contributed by atoms with Gasteiger partial charge in [0.25, 0.3) is 0 Å². The fourth-order valence-electron chi connectivity index (χ4n) is 3.40. The fourth-order valence-corrected chi connectivity index (χ4v) is 3.40. The summed E-state index contributed by atoms with van der Waals surface area (Å²) in [5.41, 5.74) is 4.76. The molecule has 0 aliphatic rings. The van der Waals surface area contributed by atoms with E-state index >= 15 is 0 Å². The van der Waals surface area contributed by atoms with Crippen molar-refractivity contribution in [3.8, 4) is 0 Å². The molecule has 0 spiro atoms. The smallest absolute Gasteiger partial charge is 0.240 e. The number of benzene rings is 1. The molecule has 0 saturated carbocycles. The van der Waals surface area contributed by atoms with Gasteiger partial charge < -0.3 is 4.90 Å². The van der Waals surface area contributed by atoms with Crippen LogP contribution in [0.5, 0.6) is 0 Å². The van der Waals surface area contributed by atoms with Gasteiger partial charge in [-0.15, -0.1) is 0 Å². The van der Waals surface area contributed by atoms with Gasteiger partial charge >= 0.3 is 0 Å². The summed E-state index contributed by atoms with van der Waals surface area (Å²) >= 11 is 0. The monoisotopic (exact) mass is 401 g/mol. The van der Waals surface area contributed by atoms with Gasteiger partial charge in [0.1, 0.15) is 0 Å². The molecule has 0 heterocycles. The molecule has 0 aromatic heterocycles. The zero-order chi connectivity index (χ0) is 21.2. The van der Waals surface area contributed by atoms with Crippen LogP contribution in [0.2, 0.25) is 0 Å². The molecule has 4 nitrogen and oxygen atoms in total. The third-order valence-electron chi connectivity index (χ3n) is 5.32. The number of nitrogens with zero attached hydrogens (tertiary/aromatic N) is 2. The Morgan fingerprint density at radius 2 is 1.31 bits per heavy atom. The molecular formula is C25H43N3O. The number of carbonyl (C=O) groups is 1. The lowest BCUT2D eigenvalue weighted by atomic mass is 10.0. The van der Waals surface area contributed by atoms with Crippen molar-refractivity contribution in [1.82, 2.24) is 5.43 Å². The summed E-state index contributed by atoms with van der Waals surface area (Å²) in [5.74, 6) is 0.00855. The summed E-state index contributed by atoms with van der Waals surface area (Å²) in [6, 6.07) is 8.07. The second kappa shape index (κ2) is 17.1. The van der Waals surface area contributed by atoms with Crippen LogP contribution in [0, 0.1) is 0 Å². The predicted molar refractivity (Wildman–Crippen MR) is 127 cm³/mol. The first-order valence-electron chi connectivity index (χ1n) is 11.7. The maximum absolute atomic E-state index is 11.8. The van der Waals surface area contributed by atoms with E-state index in [1.807, 2.05) is 38.4 Å². The first-order chi connectivity index (χ1) is 14.1. The summed E-state index contributed by atoms with van der Waals surface area (Å²) in [4.78, 5) is 13.9. The molecule has 0 aliphatic carbocycles. The highest BCUT2D eigenvalue weighted by Gasteiger charge is 2.00. The maximum atomic E-state index is 11.8. The molecule has 0 unspecified atom stereocenters. The molecule has 0 fully saturated rings. The van der Waals surface area contributed by atoms with Crippen LogP contribution in [0.4, 0.5) is 5.69 Å². The summed E-state index contributed by atoms with van der Waals surface area (Å²) in [7, 11) is 4.03. The molecule has 1 aromatic carbocycles. The normalized spacial score (nSPS) is 11.1. The van der Waals surface area contributed by atoms with Crippen molar-refractivity contribution in [1.29, 1.82) is 0 Å². The molecule has 164 valence electrons. The van der Waals surface area contributed by atoms with Gasteiger partial charge in [0.05, 0.1) is 6.21 Å². The van der Waals surface area contributed by atoms with Gasteiger partial charge in [-0.3, -0.25) is 4.79 Å². The lowest BCUT2D eigenvalue weighted by Crippen LogP contribution is -2.16. The van der Waals surface area contributed by atoms with Gasteiger partial charge in [0, 0.05) is 26.2 Å². The zero-order valence-electron chi connectivity index (χ0n) is 19.1. The molecule has 0 atom stereocenters. The molecular weight excluding hydrogens is 358 g/mol. The van der Waals surface area contributed by atoms with E-state index in [1.54, 1.807) is 6.21 Å². The molecule has 1 rings (SSSR count). The lowest BCUT2D eigenvalue weighted by molar-refractivity contribution is -0.121. The van der Waals surface area contributed by atoms with Crippen LogP contribution >= 0.6 is 0 Å². The van der Waals surface area contributed by atoms with Crippen LogP contribution < -0.4 is 10.3 Å². The van der Waals surface area contributed by atoms with Crippen LogP contribution in [-0.2, 0) is 4.79 Å². The molecule has 0 bridgehead atoms. The Labute approximate surface area is 179 Å². The largest absolute Gasteiger partial charge is 0.378 e. The van der Waals surface area contributed by atoms with Crippen molar-refractivity contribution in [3.05, 3.63) is 29.8 Å². The van der Waals surface area contributed by atoms with Gasteiger partial charge in [0.2, 0.25) is 5.91 Å². The third kappa shape index (κ3) is 13.9. The standard InChI is InChI=1S/C25H43N3O/c1-4-5-6-7-8-9-10-11-12-13-14-15-16-17-25(29)27-26-22-23-18-20-24(21-19-23)28(2)3/h18-22H,4-17H2,1-3H3,(H,27,29)/b26-22+. The van der Waals surface area contributed by atoms with Crippen molar-refractivity contribution in [2.24, 2.45) is 5.10 Å². The highest BCUT2D eigenvalue weighted by Crippen LogP contribution is 2.13. The van der Waals surface area contributed by atoms with Crippen molar-refractivity contribution in [3.63, 3.8) is 0 Å². The summed E-state index contributed by atoms with van der Waals surface area (Å²) in [6.45, 7) is 2.27. The average molecular weight is 402 g/mol. The second-order valence-electron chi connectivity index (χ2n) is 8.27. The van der Waals surface area contributed by atoms with Gasteiger partial charge in [0.15, 0.2) is 0 Å². The summed E-state index contributed by atoms with van der Waals surface area (Å²) < 4.78 is 0. The number of nitrogens with one attached hydrogen (secondary N) is 1. The van der Waals surface area contributed by atoms with E-state index in [4.69, 9.17) is 0 Å². The topological polar surface area (TPSA) is 44.7 Å². The quantitative estimate of drug-likeness (QED) is 0.180. The Morgan fingerprint density at radius 3 is 1.79 bits per heavy atom. The molecule has 0 saturated heterocycles. The molecule has 4 heteroatoms. The number of hydrazone groups is 1. The third-order valence-corrected chi connectivity index (χ3v) is 5.32. The van der Waals surface area contributed by atoms with Crippen molar-refractivity contribution in [2.45, 2.75) is 96.8 Å². The number of hydrogen-bond acceptors (Lipinski definition) is 3. The van der Waals surface area contributed by atoms with Gasteiger partial charge in [-0.05, 0) is 24.1 Å². The van der Waals surface area contributed by atoms with Crippen LogP contribution in [-0.4, -0.2) is 26.2 Å². The van der Waals surface area contributed by atoms with Gasteiger partial charge in [-0.2, -0.15) is 5.10 Å². The number of unbranched alkanes of at least 4 members (excludes halogenated alkanes) is 12. The first kappa shape index (κ1) is 25.2. The van der Waals surface area contributed by atoms with Crippen LogP contribution in [0.25, 0.3) is 0 Å². The van der Waals surface area contributed by atoms with E-state index in [1.165, 1.54) is 70.6 Å². The fraction of sp³-hybridized carbons (Fsp3) is 0.680. The minimum Gasteiger partial charge on any atom is -0.378 e. The van der Waals surface area contributed by atoms with E-state index < -0.39 is 0 Å². The molecule has 1 aromatic rings. The van der Waals surface area contributed by atoms with E-state index in [2.05, 4.69) is 22.4 Å². The van der Waals surface area contributed by atoms with E-state index in [0.717, 1.165) is 24.1 Å². The Bertz CT molecular complexity index is 552. The summed E-state index contributed by atoms with van der Waals surface area (Å²) in [6.07, 6.45) is 19.4. The maximum Gasteiger partial charge on any atom is 0.240 e. The second-order valence-corrected chi connectivity index (χ2v) is 8.27. The van der Waals surface area contributed by atoms with E-state index in [9.17, 15) is 4.79 Å². The summed E-state index contributed by atoms with van der Waals surface area (Å²) in [5, 5.41) is 4.06. The molecule has 1 amide bonds. The Morgan fingerprint density at radius 1 is 0.828 bits per heavy atom. The number of anilines is 1. The van der Waals surface area contributed by atoms with Crippen molar-refractivity contribution in [2.75, 3.05) is 19.0 Å². The molecule has 29 heavy (non-hydrogen) atoms. The SMILES string of the molecule is CCCCCCCCCCCCCCCC(=O)N/N=C/c1ccc(N(C)C)cc1. The van der Waals surface area contributed by atoms with Gasteiger partial charge in [-0.25, -0.2) is 5.43 Å². The highest BCUT2D eigenvalue weighted by molar-refractivity contribution is 5.82. The minimum atomic E-state index is 0.00855. The highest BCUT2D eigenvalue weighted by atomic mass is 16.2. The van der Waals surface area contributed by atoms with Gasteiger partial charge in [-0.1, -0.05) is 96.1 Å².